The number of rotatable bonds is 2. The first-order valence-corrected chi connectivity index (χ1v) is 8.04. The smallest absolute Gasteiger partial charge is 0.327 e. The first kappa shape index (κ1) is 13.8. The van der Waals surface area contributed by atoms with Gasteiger partial charge in [-0.25, -0.2) is 9.78 Å². The second-order valence-corrected chi connectivity index (χ2v) is 6.45. The summed E-state index contributed by atoms with van der Waals surface area (Å²) in [4.78, 5) is 34.5. The molecule has 0 bridgehead atoms. The van der Waals surface area contributed by atoms with Gasteiger partial charge in [0.05, 0.1) is 11.1 Å². The molecule has 4 rings (SSSR count). The van der Waals surface area contributed by atoms with Crippen molar-refractivity contribution in [2.75, 3.05) is 24.5 Å². The van der Waals surface area contributed by atoms with Crippen LogP contribution in [0.1, 0.15) is 19.3 Å². The van der Waals surface area contributed by atoms with Gasteiger partial charge in [0.25, 0.3) is 5.91 Å². The largest absolute Gasteiger partial charge is 0.353 e. The van der Waals surface area contributed by atoms with Crippen LogP contribution in [0.5, 0.6) is 0 Å². The highest BCUT2D eigenvalue weighted by Gasteiger charge is 2.50. The van der Waals surface area contributed by atoms with E-state index in [0.717, 1.165) is 31.6 Å². The lowest BCUT2D eigenvalue weighted by atomic mass is 10.2. The number of pyridine rings is 1. The van der Waals surface area contributed by atoms with E-state index in [2.05, 4.69) is 9.88 Å². The number of hydrogen-bond acceptors (Lipinski definition) is 4. The van der Waals surface area contributed by atoms with Crippen molar-refractivity contribution < 1.29 is 9.59 Å². The van der Waals surface area contributed by atoms with Crippen molar-refractivity contribution in [3.8, 4) is 0 Å². The number of fused-ring (bicyclic) bond motifs is 1. The molecule has 22 heavy (non-hydrogen) atoms. The van der Waals surface area contributed by atoms with Crippen molar-refractivity contribution in [2.24, 2.45) is 0 Å². The summed E-state index contributed by atoms with van der Waals surface area (Å²) in [5.74, 6) is 0.702. The lowest BCUT2D eigenvalue weighted by Crippen LogP contribution is -2.43. The Morgan fingerprint density at radius 3 is 2.86 bits per heavy atom. The molecule has 3 saturated heterocycles. The van der Waals surface area contributed by atoms with E-state index in [1.54, 1.807) is 23.2 Å². The molecule has 0 radical (unpaired) electrons. The number of carbonyl (C=O) groups excluding carboxylic acids is 2. The first-order chi connectivity index (χ1) is 10.7. The van der Waals surface area contributed by atoms with Crippen molar-refractivity contribution in [1.82, 2.24) is 14.8 Å². The molecule has 7 heteroatoms. The highest BCUT2D eigenvalue weighted by molar-refractivity contribution is 6.32. The van der Waals surface area contributed by atoms with Crippen LogP contribution in [-0.2, 0) is 4.79 Å². The molecule has 4 heterocycles. The molecule has 116 valence electrons. The molecule has 1 unspecified atom stereocenters. The maximum absolute atomic E-state index is 12.5. The topological polar surface area (TPSA) is 56.8 Å². The number of halogens is 1. The highest BCUT2D eigenvalue weighted by atomic mass is 35.5. The minimum absolute atomic E-state index is 0.0264. The van der Waals surface area contributed by atoms with E-state index in [0.29, 0.717) is 18.1 Å². The van der Waals surface area contributed by atoms with Crippen molar-refractivity contribution in [2.45, 2.75) is 31.3 Å². The Hall–Kier alpha value is -1.82. The van der Waals surface area contributed by atoms with E-state index in [-0.39, 0.29) is 24.0 Å². The van der Waals surface area contributed by atoms with Gasteiger partial charge in [0.15, 0.2) is 0 Å². The first-order valence-electron chi connectivity index (χ1n) is 7.66. The average Bonchev–Trinajstić information content (AvgIpc) is 3.20. The van der Waals surface area contributed by atoms with Crippen LogP contribution >= 0.6 is 11.6 Å². The summed E-state index contributed by atoms with van der Waals surface area (Å²) >= 11 is 6.19. The van der Waals surface area contributed by atoms with Crippen LogP contribution in [-0.4, -0.2) is 58.4 Å². The zero-order valence-corrected chi connectivity index (χ0v) is 12.9. The minimum atomic E-state index is -0.222. The summed E-state index contributed by atoms with van der Waals surface area (Å²) < 4.78 is 0. The van der Waals surface area contributed by atoms with Crippen molar-refractivity contribution >= 4 is 29.4 Å². The molecule has 3 aliphatic rings. The van der Waals surface area contributed by atoms with Gasteiger partial charge in [-0.05, 0) is 31.4 Å². The SMILES string of the molecule is O=C1[C@@H]2CCCN2C(=O)N1C1CCN(c2ncccc2Cl)C1. The van der Waals surface area contributed by atoms with E-state index >= 15 is 0 Å². The number of urea groups is 1. The second kappa shape index (κ2) is 5.12. The number of carbonyl (C=O) groups is 2. The van der Waals surface area contributed by atoms with Gasteiger partial charge in [0.2, 0.25) is 0 Å². The van der Waals surface area contributed by atoms with Gasteiger partial charge < -0.3 is 9.80 Å². The van der Waals surface area contributed by atoms with Gasteiger partial charge in [0.1, 0.15) is 11.9 Å². The van der Waals surface area contributed by atoms with E-state index in [9.17, 15) is 9.59 Å². The quantitative estimate of drug-likeness (QED) is 0.779. The lowest BCUT2D eigenvalue weighted by molar-refractivity contribution is -0.129. The molecular weight excluding hydrogens is 304 g/mol. The molecule has 3 amide bonds. The molecule has 3 fully saturated rings. The lowest BCUT2D eigenvalue weighted by Gasteiger charge is -2.23. The van der Waals surface area contributed by atoms with Crippen LogP contribution in [0.4, 0.5) is 10.6 Å². The second-order valence-electron chi connectivity index (χ2n) is 6.04. The number of hydrogen-bond donors (Lipinski definition) is 0. The third kappa shape index (κ3) is 1.97. The maximum atomic E-state index is 12.5. The fourth-order valence-electron chi connectivity index (χ4n) is 3.74. The van der Waals surface area contributed by atoms with E-state index in [1.807, 2.05) is 0 Å². The Labute approximate surface area is 133 Å². The molecule has 0 spiro atoms. The summed E-state index contributed by atoms with van der Waals surface area (Å²) in [6.45, 7) is 2.06. The van der Waals surface area contributed by atoms with Gasteiger partial charge in [-0.1, -0.05) is 11.6 Å². The molecule has 0 N–H and O–H groups in total. The Bertz CT molecular complexity index is 616. The van der Waals surface area contributed by atoms with E-state index < -0.39 is 0 Å². The molecule has 1 aromatic heterocycles. The van der Waals surface area contributed by atoms with Crippen LogP contribution in [0.2, 0.25) is 5.02 Å². The molecule has 3 aliphatic heterocycles. The number of aromatic nitrogens is 1. The summed E-state index contributed by atoms with van der Waals surface area (Å²) in [5.41, 5.74) is 0. The van der Waals surface area contributed by atoms with Crippen LogP contribution in [0.15, 0.2) is 18.3 Å². The molecule has 0 aromatic carbocycles. The molecule has 1 aromatic rings. The van der Waals surface area contributed by atoms with Gasteiger partial charge >= 0.3 is 6.03 Å². The Kier molecular flexibility index (Phi) is 3.22. The summed E-state index contributed by atoms with van der Waals surface area (Å²) in [6.07, 6.45) is 4.20. The van der Waals surface area contributed by atoms with Crippen molar-refractivity contribution in [3.63, 3.8) is 0 Å². The molecular formula is C15H17ClN4O2. The predicted octanol–water partition coefficient (Wildman–Crippen LogP) is 1.74. The predicted molar refractivity (Wildman–Crippen MR) is 81.8 cm³/mol. The van der Waals surface area contributed by atoms with Crippen LogP contribution < -0.4 is 4.90 Å². The van der Waals surface area contributed by atoms with Gasteiger partial charge in [-0.3, -0.25) is 9.69 Å². The monoisotopic (exact) mass is 320 g/mol. The number of amides is 3. The van der Waals surface area contributed by atoms with Gasteiger partial charge in [-0.15, -0.1) is 0 Å². The zero-order valence-electron chi connectivity index (χ0n) is 12.1. The minimum Gasteiger partial charge on any atom is -0.353 e. The van der Waals surface area contributed by atoms with E-state index in [1.165, 1.54) is 4.90 Å². The fourth-order valence-corrected chi connectivity index (χ4v) is 3.98. The summed E-state index contributed by atoms with van der Waals surface area (Å²) in [5, 5.41) is 0.600. The fraction of sp³-hybridized carbons (Fsp3) is 0.533. The molecule has 0 saturated carbocycles. The molecule has 2 atom stereocenters. The van der Waals surface area contributed by atoms with Crippen molar-refractivity contribution in [3.05, 3.63) is 23.4 Å². The Morgan fingerprint density at radius 1 is 1.23 bits per heavy atom. The summed E-state index contributed by atoms with van der Waals surface area (Å²) in [7, 11) is 0. The number of anilines is 1. The van der Waals surface area contributed by atoms with Gasteiger partial charge in [0, 0.05) is 25.8 Å². The Balaban J connectivity index is 1.53. The third-order valence-electron chi connectivity index (χ3n) is 4.79. The van der Waals surface area contributed by atoms with Crippen LogP contribution in [0.3, 0.4) is 0 Å². The zero-order chi connectivity index (χ0) is 15.3. The standard InChI is InChI=1S/C15H17ClN4O2/c16-11-3-1-6-17-13(11)18-8-5-10(9-18)20-14(21)12-4-2-7-19(12)15(20)22/h1,3,6,10,12H,2,4-5,7-9H2/t10?,12-/m0/s1. The Morgan fingerprint density at radius 2 is 2.09 bits per heavy atom. The number of imide groups is 1. The third-order valence-corrected chi connectivity index (χ3v) is 5.09. The maximum Gasteiger partial charge on any atom is 0.327 e. The summed E-state index contributed by atoms with van der Waals surface area (Å²) in [6, 6.07) is 3.18. The van der Waals surface area contributed by atoms with Gasteiger partial charge in [-0.2, -0.15) is 0 Å². The van der Waals surface area contributed by atoms with Crippen molar-refractivity contribution in [1.29, 1.82) is 0 Å². The van der Waals surface area contributed by atoms with Crippen LogP contribution in [0, 0.1) is 0 Å². The van der Waals surface area contributed by atoms with Crippen LogP contribution in [0.25, 0.3) is 0 Å². The normalized spacial score (nSPS) is 28.0. The number of nitrogens with zero attached hydrogens (tertiary/aromatic N) is 4. The molecule has 0 aliphatic carbocycles. The highest BCUT2D eigenvalue weighted by Crippen LogP contribution is 2.33. The van der Waals surface area contributed by atoms with E-state index in [4.69, 9.17) is 11.6 Å². The molecule has 6 nitrogen and oxygen atoms in total. The average molecular weight is 321 g/mol.